The van der Waals surface area contributed by atoms with E-state index in [4.69, 9.17) is 4.74 Å². The van der Waals surface area contributed by atoms with Crippen molar-refractivity contribution in [1.82, 2.24) is 15.2 Å². The third kappa shape index (κ3) is 5.88. The average molecular weight is 407 g/mol. The molecule has 3 N–H and O–H groups in total. The van der Waals surface area contributed by atoms with Crippen LogP contribution in [0.2, 0.25) is 0 Å². The Labute approximate surface area is 174 Å². The van der Waals surface area contributed by atoms with Gasteiger partial charge in [0.1, 0.15) is 0 Å². The number of benzene rings is 2. The van der Waals surface area contributed by atoms with E-state index >= 15 is 0 Å². The monoisotopic (exact) mass is 407 g/mol. The van der Waals surface area contributed by atoms with E-state index in [1.807, 2.05) is 30.3 Å². The number of phenols is 1. The highest BCUT2D eigenvalue weighted by atomic mass is 16.5. The van der Waals surface area contributed by atoms with Gasteiger partial charge < -0.3 is 25.0 Å². The molecule has 156 valence electrons. The molecule has 0 spiro atoms. The van der Waals surface area contributed by atoms with Gasteiger partial charge in [-0.1, -0.05) is 36.4 Å². The molecule has 0 saturated carbocycles. The number of urea groups is 1. The summed E-state index contributed by atoms with van der Waals surface area (Å²) < 4.78 is 6.72. The van der Waals surface area contributed by atoms with Crippen LogP contribution in [0.25, 0.3) is 0 Å². The zero-order chi connectivity index (χ0) is 21.3. The molecular weight excluding hydrogens is 382 g/mol. The smallest absolute Gasteiger partial charge is 0.315 e. The van der Waals surface area contributed by atoms with Crippen molar-refractivity contribution < 1.29 is 14.6 Å². The molecule has 7 heteroatoms. The SMILES string of the molecule is COc1cc(CCNC(=O)NCc2ccc(Cn3ccccc3=O)cc2)ccc1O. The molecule has 3 aromatic rings. The van der Waals surface area contributed by atoms with Crippen LogP contribution >= 0.6 is 0 Å². The third-order valence-electron chi connectivity index (χ3n) is 4.67. The van der Waals surface area contributed by atoms with Crippen LogP contribution in [0.1, 0.15) is 16.7 Å². The molecule has 2 amide bonds. The van der Waals surface area contributed by atoms with Gasteiger partial charge in [0, 0.05) is 25.4 Å². The van der Waals surface area contributed by atoms with Crippen molar-refractivity contribution in [2.75, 3.05) is 13.7 Å². The quantitative estimate of drug-likeness (QED) is 0.535. The fourth-order valence-corrected chi connectivity index (χ4v) is 2.99. The second kappa shape index (κ2) is 10.2. The van der Waals surface area contributed by atoms with Crippen molar-refractivity contribution in [3.05, 3.63) is 93.9 Å². The minimum atomic E-state index is -0.249. The van der Waals surface area contributed by atoms with Crippen molar-refractivity contribution >= 4 is 6.03 Å². The van der Waals surface area contributed by atoms with E-state index in [0.717, 1.165) is 16.7 Å². The van der Waals surface area contributed by atoms with E-state index in [9.17, 15) is 14.7 Å². The molecule has 0 aliphatic carbocycles. The summed E-state index contributed by atoms with van der Waals surface area (Å²) in [5.41, 5.74) is 2.90. The van der Waals surface area contributed by atoms with Crippen LogP contribution in [0.3, 0.4) is 0 Å². The zero-order valence-corrected chi connectivity index (χ0v) is 16.8. The number of aromatic nitrogens is 1. The number of carbonyl (C=O) groups is 1. The van der Waals surface area contributed by atoms with Gasteiger partial charge in [-0.2, -0.15) is 0 Å². The van der Waals surface area contributed by atoms with Crippen LogP contribution in [0.4, 0.5) is 4.79 Å². The standard InChI is InChI=1S/C23H25N3O4/c1-30-21-14-17(9-10-20(21)27)11-12-24-23(29)25-15-18-5-7-19(8-6-18)16-26-13-3-2-4-22(26)28/h2-10,13-14,27H,11-12,15-16H2,1H3,(H2,24,25,29). The van der Waals surface area contributed by atoms with Crippen molar-refractivity contribution in [3.63, 3.8) is 0 Å². The van der Waals surface area contributed by atoms with Crippen LogP contribution in [-0.2, 0) is 19.5 Å². The first-order valence-electron chi connectivity index (χ1n) is 9.66. The van der Waals surface area contributed by atoms with Gasteiger partial charge in [0.15, 0.2) is 11.5 Å². The molecular formula is C23H25N3O4. The normalized spacial score (nSPS) is 10.4. The highest BCUT2D eigenvalue weighted by Crippen LogP contribution is 2.26. The third-order valence-corrected chi connectivity index (χ3v) is 4.67. The first-order valence-corrected chi connectivity index (χ1v) is 9.66. The van der Waals surface area contributed by atoms with Gasteiger partial charge in [-0.05, 0) is 41.3 Å². The Morgan fingerprint density at radius 1 is 1.00 bits per heavy atom. The number of rotatable bonds is 8. The average Bonchev–Trinajstić information content (AvgIpc) is 2.76. The molecule has 0 radical (unpaired) electrons. The number of carbonyl (C=O) groups excluding carboxylic acids is 1. The highest BCUT2D eigenvalue weighted by molar-refractivity contribution is 5.73. The number of methoxy groups -OCH3 is 1. The van der Waals surface area contributed by atoms with Gasteiger partial charge in [0.05, 0.1) is 13.7 Å². The lowest BCUT2D eigenvalue weighted by molar-refractivity contribution is 0.240. The second-order valence-electron chi connectivity index (χ2n) is 6.85. The minimum absolute atomic E-state index is 0.0364. The Morgan fingerprint density at radius 3 is 2.47 bits per heavy atom. The lowest BCUT2D eigenvalue weighted by Crippen LogP contribution is -2.36. The van der Waals surface area contributed by atoms with Crippen LogP contribution < -0.4 is 20.9 Å². The number of pyridine rings is 1. The minimum Gasteiger partial charge on any atom is -0.504 e. The molecule has 0 fully saturated rings. The number of phenolic OH excluding ortho intramolecular Hbond substituents is 1. The van der Waals surface area contributed by atoms with Gasteiger partial charge >= 0.3 is 6.03 Å². The lowest BCUT2D eigenvalue weighted by Gasteiger charge is -2.10. The summed E-state index contributed by atoms with van der Waals surface area (Å²) in [4.78, 5) is 23.8. The molecule has 0 aliphatic rings. The zero-order valence-electron chi connectivity index (χ0n) is 16.8. The second-order valence-corrected chi connectivity index (χ2v) is 6.85. The maximum Gasteiger partial charge on any atom is 0.315 e. The Morgan fingerprint density at radius 2 is 1.73 bits per heavy atom. The Kier molecular flexibility index (Phi) is 7.10. The Balaban J connectivity index is 1.42. The number of ether oxygens (including phenoxy) is 1. The Hall–Kier alpha value is -3.74. The summed E-state index contributed by atoms with van der Waals surface area (Å²) in [6, 6.07) is 17.7. The fraction of sp³-hybridized carbons (Fsp3) is 0.217. The number of nitrogens with zero attached hydrogens (tertiary/aromatic N) is 1. The van der Waals surface area contributed by atoms with Gasteiger partial charge in [-0.15, -0.1) is 0 Å². The highest BCUT2D eigenvalue weighted by Gasteiger charge is 2.05. The molecule has 0 bridgehead atoms. The maximum atomic E-state index is 12.0. The fourth-order valence-electron chi connectivity index (χ4n) is 2.99. The van der Waals surface area contributed by atoms with Gasteiger partial charge in [-0.25, -0.2) is 4.79 Å². The predicted molar refractivity (Wildman–Crippen MR) is 115 cm³/mol. The van der Waals surface area contributed by atoms with E-state index < -0.39 is 0 Å². The molecule has 0 atom stereocenters. The van der Waals surface area contributed by atoms with E-state index in [-0.39, 0.29) is 17.3 Å². The number of aromatic hydroxyl groups is 1. The van der Waals surface area contributed by atoms with Crippen molar-refractivity contribution in [2.24, 2.45) is 0 Å². The van der Waals surface area contributed by atoms with Crippen LogP contribution in [-0.4, -0.2) is 29.4 Å². The molecule has 2 aromatic carbocycles. The first kappa shape index (κ1) is 21.0. The molecule has 0 unspecified atom stereocenters. The molecule has 1 aromatic heterocycles. The van der Waals surface area contributed by atoms with Crippen molar-refractivity contribution in [3.8, 4) is 11.5 Å². The largest absolute Gasteiger partial charge is 0.504 e. The topological polar surface area (TPSA) is 92.6 Å². The summed E-state index contributed by atoms with van der Waals surface area (Å²) in [5, 5.41) is 15.2. The van der Waals surface area contributed by atoms with Gasteiger partial charge in [0.25, 0.3) is 5.56 Å². The van der Waals surface area contributed by atoms with Crippen LogP contribution in [0.5, 0.6) is 11.5 Å². The summed E-state index contributed by atoms with van der Waals surface area (Å²) in [6.45, 7) is 1.38. The van der Waals surface area contributed by atoms with E-state index in [1.54, 1.807) is 35.0 Å². The Bertz CT molecular complexity index is 1040. The number of amides is 2. The summed E-state index contributed by atoms with van der Waals surface area (Å²) >= 11 is 0. The van der Waals surface area contributed by atoms with Crippen molar-refractivity contribution in [2.45, 2.75) is 19.5 Å². The van der Waals surface area contributed by atoms with E-state index in [1.165, 1.54) is 13.2 Å². The predicted octanol–water partition coefficient (Wildman–Crippen LogP) is 2.65. The molecule has 1 heterocycles. The van der Waals surface area contributed by atoms with Gasteiger partial charge in [-0.3, -0.25) is 4.79 Å². The molecule has 30 heavy (non-hydrogen) atoms. The van der Waals surface area contributed by atoms with Crippen LogP contribution in [0, 0.1) is 0 Å². The molecule has 7 nitrogen and oxygen atoms in total. The lowest BCUT2D eigenvalue weighted by atomic mass is 10.1. The van der Waals surface area contributed by atoms with Crippen molar-refractivity contribution in [1.29, 1.82) is 0 Å². The van der Waals surface area contributed by atoms with Gasteiger partial charge in [0.2, 0.25) is 0 Å². The molecule has 3 rings (SSSR count). The van der Waals surface area contributed by atoms with E-state index in [2.05, 4.69) is 10.6 Å². The number of hydrogen-bond acceptors (Lipinski definition) is 4. The molecule has 0 saturated heterocycles. The summed E-state index contributed by atoms with van der Waals surface area (Å²) in [5.74, 6) is 0.506. The summed E-state index contributed by atoms with van der Waals surface area (Å²) in [7, 11) is 1.50. The first-order chi connectivity index (χ1) is 14.5. The number of hydrogen-bond donors (Lipinski definition) is 3. The maximum absolute atomic E-state index is 12.0. The molecule has 0 aliphatic heterocycles. The summed E-state index contributed by atoms with van der Waals surface area (Å²) in [6.07, 6.45) is 2.38. The van der Waals surface area contributed by atoms with E-state index in [0.29, 0.717) is 31.8 Å². The number of nitrogens with one attached hydrogen (secondary N) is 2. The van der Waals surface area contributed by atoms with Crippen LogP contribution in [0.15, 0.2) is 71.7 Å².